The van der Waals surface area contributed by atoms with Gasteiger partial charge in [0.25, 0.3) is 5.69 Å². The Hall–Kier alpha value is -1.83. The van der Waals surface area contributed by atoms with Gasteiger partial charge in [-0.2, -0.15) is 13.2 Å². The summed E-state index contributed by atoms with van der Waals surface area (Å²) in [5, 5.41) is 10.8. The minimum atomic E-state index is -4.64. The van der Waals surface area contributed by atoms with Crippen molar-refractivity contribution in [2.24, 2.45) is 0 Å². The second-order valence-corrected chi connectivity index (χ2v) is 6.73. The van der Waals surface area contributed by atoms with Crippen LogP contribution in [0.25, 0.3) is 0 Å². The molecule has 0 radical (unpaired) electrons. The Balaban J connectivity index is 1.57. The number of benzene rings is 1. The van der Waals surface area contributed by atoms with Crippen LogP contribution in [-0.2, 0) is 6.18 Å². The van der Waals surface area contributed by atoms with Crippen LogP contribution in [0, 0.1) is 10.1 Å². The number of ether oxygens (including phenoxy) is 1. The van der Waals surface area contributed by atoms with Crippen molar-refractivity contribution in [2.75, 3.05) is 13.2 Å². The highest BCUT2D eigenvalue weighted by atomic mass is 19.4. The molecule has 8 heteroatoms. The summed E-state index contributed by atoms with van der Waals surface area (Å²) >= 11 is 0. The highest BCUT2D eigenvalue weighted by molar-refractivity contribution is 5.43. The lowest BCUT2D eigenvalue weighted by Gasteiger charge is -2.34. The molecule has 2 saturated heterocycles. The first-order valence-corrected chi connectivity index (χ1v) is 8.60. The van der Waals surface area contributed by atoms with Crippen LogP contribution in [0.4, 0.5) is 18.9 Å². The molecule has 138 valence electrons. The van der Waals surface area contributed by atoms with Crippen molar-refractivity contribution < 1.29 is 22.8 Å². The Bertz CT molecular complexity index is 620. The standard InChI is InChI=1S/C17H21F3N2O3/c18-17(19,20)12-9-15(22(23)24)11-16(10-12)25-8-2-7-21-13-3-1-4-14(21)6-5-13/h9-11,13-14H,1-8H2. The van der Waals surface area contributed by atoms with E-state index in [1.807, 2.05) is 0 Å². The molecule has 2 heterocycles. The van der Waals surface area contributed by atoms with Gasteiger partial charge in [-0.1, -0.05) is 6.42 Å². The van der Waals surface area contributed by atoms with E-state index in [1.54, 1.807) is 0 Å². The molecule has 2 unspecified atom stereocenters. The predicted octanol–water partition coefficient (Wildman–Crippen LogP) is 4.40. The maximum atomic E-state index is 12.9. The van der Waals surface area contributed by atoms with Gasteiger partial charge in [0, 0.05) is 24.7 Å². The van der Waals surface area contributed by atoms with Crippen LogP contribution < -0.4 is 4.74 Å². The summed E-state index contributed by atoms with van der Waals surface area (Å²) in [5.74, 6) is -0.108. The summed E-state index contributed by atoms with van der Waals surface area (Å²) in [6.45, 7) is 1.10. The van der Waals surface area contributed by atoms with Gasteiger partial charge in [0.05, 0.1) is 23.2 Å². The van der Waals surface area contributed by atoms with Crippen molar-refractivity contribution in [3.8, 4) is 5.75 Å². The lowest BCUT2D eigenvalue weighted by Crippen LogP contribution is -2.40. The van der Waals surface area contributed by atoms with Crippen molar-refractivity contribution >= 4 is 5.69 Å². The van der Waals surface area contributed by atoms with Gasteiger partial charge in [0.2, 0.25) is 0 Å². The van der Waals surface area contributed by atoms with Crippen molar-refractivity contribution in [3.05, 3.63) is 33.9 Å². The first kappa shape index (κ1) is 18.0. The Morgan fingerprint density at radius 3 is 2.44 bits per heavy atom. The molecule has 0 amide bonds. The van der Waals surface area contributed by atoms with Gasteiger partial charge in [-0.15, -0.1) is 0 Å². The second-order valence-electron chi connectivity index (χ2n) is 6.73. The highest BCUT2D eigenvalue weighted by Crippen LogP contribution is 2.36. The molecule has 1 aromatic carbocycles. The molecule has 0 aromatic heterocycles. The SMILES string of the molecule is O=[N+]([O-])c1cc(OCCCN2C3CCCC2CC3)cc(C(F)(F)F)c1. The number of hydrogen-bond donors (Lipinski definition) is 0. The van der Waals surface area contributed by atoms with E-state index < -0.39 is 22.4 Å². The molecule has 2 aliphatic rings. The molecule has 0 aliphatic carbocycles. The lowest BCUT2D eigenvalue weighted by molar-refractivity contribution is -0.385. The van der Waals surface area contributed by atoms with E-state index >= 15 is 0 Å². The van der Waals surface area contributed by atoms with Crippen LogP contribution in [0.15, 0.2) is 18.2 Å². The van der Waals surface area contributed by atoms with Gasteiger partial charge in [-0.05, 0) is 38.2 Å². The van der Waals surface area contributed by atoms with Crippen molar-refractivity contribution in [1.82, 2.24) is 4.90 Å². The number of nitro groups is 1. The van der Waals surface area contributed by atoms with Crippen LogP contribution in [0.5, 0.6) is 5.75 Å². The van der Waals surface area contributed by atoms with Crippen molar-refractivity contribution in [1.29, 1.82) is 0 Å². The van der Waals surface area contributed by atoms with Crippen molar-refractivity contribution in [3.63, 3.8) is 0 Å². The molecule has 2 aliphatic heterocycles. The fourth-order valence-corrected chi connectivity index (χ4v) is 3.96. The third kappa shape index (κ3) is 4.23. The maximum absolute atomic E-state index is 12.9. The van der Waals surface area contributed by atoms with E-state index in [2.05, 4.69) is 4.90 Å². The van der Waals surface area contributed by atoms with Crippen LogP contribution in [0.3, 0.4) is 0 Å². The number of non-ortho nitro benzene ring substituents is 1. The summed E-state index contributed by atoms with van der Waals surface area (Å²) in [7, 11) is 0. The minimum Gasteiger partial charge on any atom is -0.493 e. The Morgan fingerprint density at radius 2 is 1.84 bits per heavy atom. The van der Waals surface area contributed by atoms with E-state index in [9.17, 15) is 23.3 Å². The van der Waals surface area contributed by atoms with E-state index in [0.717, 1.165) is 18.7 Å². The van der Waals surface area contributed by atoms with Gasteiger partial charge < -0.3 is 4.74 Å². The average Bonchev–Trinajstić information content (AvgIpc) is 2.78. The lowest BCUT2D eigenvalue weighted by atomic mass is 10.0. The fraction of sp³-hybridized carbons (Fsp3) is 0.647. The molecule has 1 aromatic rings. The topological polar surface area (TPSA) is 55.6 Å². The quantitative estimate of drug-likeness (QED) is 0.430. The first-order chi connectivity index (χ1) is 11.8. The number of nitrogens with zero attached hydrogens (tertiary/aromatic N) is 2. The van der Waals surface area contributed by atoms with Gasteiger partial charge in [-0.3, -0.25) is 15.0 Å². The van der Waals surface area contributed by atoms with Crippen molar-refractivity contribution in [2.45, 2.75) is 56.8 Å². The highest BCUT2D eigenvalue weighted by Gasteiger charge is 2.36. The number of rotatable bonds is 6. The number of piperidine rings is 1. The van der Waals surface area contributed by atoms with Gasteiger partial charge in [0.15, 0.2) is 0 Å². The smallest absolute Gasteiger partial charge is 0.416 e. The normalized spacial score (nSPS) is 23.6. The molecule has 0 saturated carbocycles. The predicted molar refractivity (Wildman–Crippen MR) is 85.6 cm³/mol. The van der Waals surface area contributed by atoms with Crippen LogP contribution >= 0.6 is 0 Å². The molecule has 0 N–H and O–H groups in total. The Morgan fingerprint density at radius 1 is 1.16 bits per heavy atom. The molecule has 2 bridgehead atoms. The third-order valence-corrected chi connectivity index (χ3v) is 5.10. The Labute approximate surface area is 143 Å². The zero-order chi connectivity index (χ0) is 18.0. The number of nitro benzene ring substituents is 1. The zero-order valence-corrected chi connectivity index (χ0v) is 13.8. The average molecular weight is 358 g/mol. The van der Waals surface area contributed by atoms with Gasteiger partial charge in [-0.25, -0.2) is 0 Å². The number of hydrogen-bond acceptors (Lipinski definition) is 4. The fourth-order valence-electron chi connectivity index (χ4n) is 3.96. The number of fused-ring (bicyclic) bond motifs is 2. The second kappa shape index (κ2) is 7.19. The van der Waals surface area contributed by atoms with Crippen LogP contribution in [-0.4, -0.2) is 35.1 Å². The van der Waals surface area contributed by atoms with E-state index in [-0.39, 0.29) is 12.4 Å². The van der Waals surface area contributed by atoms with E-state index in [0.29, 0.717) is 24.6 Å². The molecular formula is C17H21F3N2O3. The third-order valence-electron chi connectivity index (χ3n) is 5.10. The Kier molecular flexibility index (Phi) is 5.17. The van der Waals surface area contributed by atoms with Crippen LogP contribution in [0.2, 0.25) is 0 Å². The maximum Gasteiger partial charge on any atom is 0.416 e. The summed E-state index contributed by atoms with van der Waals surface area (Å²) in [5.41, 5.74) is -1.68. The zero-order valence-electron chi connectivity index (χ0n) is 13.8. The minimum absolute atomic E-state index is 0.108. The number of alkyl halides is 3. The molecule has 25 heavy (non-hydrogen) atoms. The number of halogens is 3. The molecule has 2 fully saturated rings. The molecule has 0 spiro atoms. The van der Waals surface area contributed by atoms with Gasteiger partial charge in [0.1, 0.15) is 5.75 Å². The first-order valence-electron chi connectivity index (χ1n) is 8.60. The van der Waals surface area contributed by atoms with E-state index in [1.165, 1.54) is 32.1 Å². The summed E-state index contributed by atoms with van der Waals surface area (Å²) in [6.07, 6.45) is 2.22. The van der Waals surface area contributed by atoms with Crippen LogP contribution in [0.1, 0.15) is 44.1 Å². The molecule has 2 atom stereocenters. The molecule has 3 rings (SSSR count). The molecule has 5 nitrogen and oxygen atoms in total. The largest absolute Gasteiger partial charge is 0.493 e. The monoisotopic (exact) mass is 358 g/mol. The van der Waals surface area contributed by atoms with Gasteiger partial charge >= 0.3 is 6.18 Å². The molecular weight excluding hydrogens is 337 g/mol. The summed E-state index contributed by atoms with van der Waals surface area (Å²) in [6, 6.07) is 3.65. The summed E-state index contributed by atoms with van der Waals surface area (Å²) in [4.78, 5) is 12.5. The summed E-state index contributed by atoms with van der Waals surface area (Å²) < 4.78 is 43.9. The van der Waals surface area contributed by atoms with E-state index in [4.69, 9.17) is 4.74 Å².